The van der Waals surface area contributed by atoms with E-state index in [0.29, 0.717) is 19.8 Å². The zero-order valence-corrected chi connectivity index (χ0v) is 12.1. The van der Waals surface area contributed by atoms with Crippen molar-refractivity contribution in [1.82, 2.24) is 10.1 Å². The van der Waals surface area contributed by atoms with Crippen LogP contribution in [0.1, 0.15) is 31.2 Å². The van der Waals surface area contributed by atoms with Crippen LogP contribution in [0, 0.1) is 5.92 Å². The number of methoxy groups -OCH3 is 1. The summed E-state index contributed by atoms with van der Waals surface area (Å²) in [5.74, 6) is 0.618. The standard InChI is InChI=1S/C14H22N2O4/c1-3-19-14(17)11-5-4-6-16(8-11)9-12-7-13(10-18-2)20-15-12/h7,11H,3-6,8-10H2,1-2H3/t11-/m1/s1. The van der Waals surface area contributed by atoms with Gasteiger partial charge in [-0.3, -0.25) is 9.69 Å². The van der Waals surface area contributed by atoms with Crippen LogP contribution in [0.2, 0.25) is 0 Å². The predicted molar refractivity (Wildman–Crippen MR) is 71.9 cm³/mol. The van der Waals surface area contributed by atoms with E-state index < -0.39 is 0 Å². The number of hydrogen-bond acceptors (Lipinski definition) is 6. The van der Waals surface area contributed by atoms with Gasteiger partial charge in [0.15, 0.2) is 5.76 Å². The van der Waals surface area contributed by atoms with Crippen molar-refractivity contribution in [2.24, 2.45) is 5.92 Å². The molecule has 2 heterocycles. The highest BCUT2D eigenvalue weighted by molar-refractivity contribution is 5.72. The molecular weight excluding hydrogens is 260 g/mol. The lowest BCUT2D eigenvalue weighted by Crippen LogP contribution is -2.39. The van der Waals surface area contributed by atoms with Gasteiger partial charge in [0, 0.05) is 26.3 Å². The van der Waals surface area contributed by atoms with Gasteiger partial charge in [0.1, 0.15) is 6.61 Å². The Kier molecular flexibility index (Phi) is 5.55. The summed E-state index contributed by atoms with van der Waals surface area (Å²) in [7, 11) is 1.62. The average molecular weight is 282 g/mol. The lowest BCUT2D eigenvalue weighted by molar-refractivity contribution is -0.150. The molecule has 2 rings (SSSR count). The summed E-state index contributed by atoms with van der Waals surface area (Å²) >= 11 is 0. The van der Waals surface area contributed by atoms with Crippen molar-refractivity contribution in [3.05, 3.63) is 17.5 Å². The summed E-state index contributed by atoms with van der Waals surface area (Å²) in [6.07, 6.45) is 1.91. The number of nitrogens with zero attached hydrogens (tertiary/aromatic N) is 2. The Hall–Kier alpha value is -1.40. The van der Waals surface area contributed by atoms with Crippen LogP contribution in [0.4, 0.5) is 0 Å². The second kappa shape index (κ2) is 7.40. The van der Waals surface area contributed by atoms with E-state index in [0.717, 1.165) is 37.4 Å². The van der Waals surface area contributed by atoms with E-state index in [1.165, 1.54) is 0 Å². The van der Waals surface area contributed by atoms with Gasteiger partial charge >= 0.3 is 5.97 Å². The molecule has 1 saturated heterocycles. The first-order chi connectivity index (χ1) is 9.72. The van der Waals surface area contributed by atoms with E-state index >= 15 is 0 Å². The van der Waals surface area contributed by atoms with Crippen molar-refractivity contribution in [2.45, 2.75) is 32.9 Å². The molecule has 6 nitrogen and oxygen atoms in total. The molecule has 0 spiro atoms. The minimum Gasteiger partial charge on any atom is -0.466 e. The monoisotopic (exact) mass is 282 g/mol. The van der Waals surface area contributed by atoms with Gasteiger partial charge in [-0.2, -0.15) is 0 Å². The molecule has 0 bridgehead atoms. The number of likely N-dealkylation sites (tertiary alicyclic amines) is 1. The topological polar surface area (TPSA) is 64.8 Å². The Morgan fingerprint density at radius 3 is 3.20 bits per heavy atom. The summed E-state index contributed by atoms with van der Waals surface area (Å²) in [5.41, 5.74) is 0.876. The molecule has 1 aromatic heterocycles. The highest BCUT2D eigenvalue weighted by Crippen LogP contribution is 2.20. The zero-order valence-electron chi connectivity index (χ0n) is 12.1. The normalized spacial score (nSPS) is 20.0. The van der Waals surface area contributed by atoms with Crippen molar-refractivity contribution in [1.29, 1.82) is 0 Å². The quantitative estimate of drug-likeness (QED) is 0.738. The third-order valence-electron chi connectivity index (χ3n) is 3.41. The van der Waals surface area contributed by atoms with Crippen molar-refractivity contribution in [2.75, 3.05) is 26.8 Å². The minimum absolute atomic E-state index is 0.0194. The van der Waals surface area contributed by atoms with E-state index in [2.05, 4.69) is 10.1 Å². The first kappa shape index (κ1) is 15.0. The molecule has 1 fully saturated rings. The maximum absolute atomic E-state index is 11.8. The molecule has 112 valence electrons. The average Bonchev–Trinajstić information content (AvgIpc) is 2.87. The highest BCUT2D eigenvalue weighted by atomic mass is 16.5. The van der Waals surface area contributed by atoms with Crippen LogP contribution in [-0.4, -0.2) is 42.8 Å². The summed E-state index contributed by atoms with van der Waals surface area (Å²) in [4.78, 5) is 14.0. The first-order valence-electron chi connectivity index (χ1n) is 7.05. The van der Waals surface area contributed by atoms with Crippen LogP contribution in [0.3, 0.4) is 0 Å². The SMILES string of the molecule is CCOC(=O)[C@@H]1CCCN(Cc2cc(COC)on2)C1. The van der Waals surface area contributed by atoms with Crippen molar-refractivity contribution in [3.63, 3.8) is 0 Å². The van der Waals surface area contributed by atoms with E-state index in [1.807, 2.05) is 13.0 Å². The molecule has 0 saturated carbocycles. The van der Waals surface area contributed by atoms with Gasteiger partial charge in [-0.25, -0.2) is 0 Å². The van der Waals surface area contributed by atoms with Gasteiger partial charge in [0.25, 0.3) is 0 Å². The molecule has 0 unspecified atom stereocenters. The van der Waals surface area contributed by atoms with Gasteiger partial charge in [-0.05, 0) is 26.3 Å². The minimum atomic E-state index is -0.0857. The van der Waals surface area contributed by atoms with E-state index in [4.69, 9.17) is 14.0 Å². The lowest BCUT2D eigenvalue weighted by atomic mass is 9.98. The maximum atomic E-state index is 11.8. The number of hydrogen-bond donors (Lipinski definition) is 0. The number of piperidine rings is 1. The van der Waals surface area contributed by atoms with E-state index in [-0.39, 0.29) is 11.9 Å². The van der Waals surface area contributed by atoms with Gasteiger partial charge in [-0.15, -0.1) is 0 Å². The van der Waals surface area contributed by atoms with Crippen LogP contribution in [0.15, 0.2) is 10.6 Å². The van der Waals surface area contributed by atoms with Crippen LogP contribution in [-0.2, 0) is 27.4 Å². The molecule has 1 aliphatic heterocycles. The fourth-order valence-electron chi connectivity index (χ4n) is 2.52. The number of carbonyl (C=O) groups is 1. The molecule has 0 N–H and O–H groups in total. The molecule has 1 aliphatic rings. The molecule has 0 amide bonds. The fourth-order valence-corrected chi connectivity index (χ4v) is 2.52. The zero-order chi connectivity index (χ0) is 14.4. The Balaban J connectivity index is 1.87. The van der Waals surface area contributed by atoms with E-state index in [9.17, 15) is 4.79 Å². The molecule has 1 atom stereocenters. The number of rotatable bonds is 6. The Bertz CT molecular complexity index is 433. The van der Waals surface area contributed by atoms with Crippen LogP contribution < -0.4 is 0 Å². The third kappa shape index (κ3) is 4.05. The molecule has 20 heavy (non-hydrogen) atoms. The summed E-state index contributed by atoms with van der Waals surface area (Å²) < 4.78 is 15.3. The van der Waals surface area contributed by atoms with Gasteiger partial charge in [0.2, 0.25) is 0 Å². The van der Waals surface area contributed by atoms with Crippen molar-refractivity contribution >= 4 is 5.97 Å². The first-order valence-corrected chi connectivity index (χ1v) is 7.05. The largest absolute Gasteiger partial charge is 0.466 e. The summed E-state index contributed by atoms with van der Waals surface area (Å²) in [6, 6.07) is 1.90. The number of aromatic nitrogens is 1. The number of ether oxygens (including phenoxy) is 2. The van der Waals surface area contributed by atoms with Crippen LogP contribution in [0.5, 0.6) is 0 Å². The second-order valence-corrected chi connectivity index (χ2v) is 5.04. The molecule has 6 heteroatoms. The highest BCUT2D eigenvalue weighted by Gasteiger charge is 2.27. The van der Waals surface area contributed by atoms with Gasteiger partial charge in [0.05, 0.1) is 18.2 Å². The lowest BCUT2D eigenvalue weighted by Gasteiger charge is -2.30. The second-order valence-electron chi connectivity index (χ2n) is 5.04. The van der Waals surface area contributed by atoms with Crippen molar-refractivity contribution < 1.29 is 18.8 Å². The Morgan fingerprint density at radius 2 is 2.45 bits per heavy atom. The van der Waals surface area contributed by atoms with Gasteiger partial charge in [-0.1, -0.05) is 5.16 Å². The molecule has 0 radical (unpaired) electrons. The number of carbonyl (C=O) groups excluding carboxylic acids is 1. The smallest absolute Gasteiger partial charge is 0.310 e. The third-order valence-corrected chi connectivity index (χ3v) is 3.41. The fraction of sp³-hybridized carbons (Fsp3) is 0.714. The van der Waals surface area contributed by atoms with E-state index in [1.54, 1.807) is 7.11 Å². The Morgan fingerprint density at radius 1 is 1.60 bits per heavy atom. The number of esters is 1. The van der Waals surface area contributed by atoms with Gasteiger partial charge < -0.3 is 14.0 Å². The maximum Gasteiger partial charge on any atom is 0.310 e. The summed E-state index contributed by atoms with van der Waals surface area (Å²) in [6.45, 7) is 5.11. The van der Waals surface area contributed by atoms with Crippen LogP contribution >= 0.6 is 0 Å². The molecule has 0 aromatic carbocycles. The Labute approximate surface area is 119 Å². The molecule has 0 aliphatic carbocycles. The molecular formula is C14H22N2O4. The summed E-state index contributed by atoms with van der Waals surface area (Å²) in [5, 5.41) is 4.02. The predicted octanol–water partition coefficient (Wildman–Crippen LogP) is 1.60. The molecule has 1 aromatic rings. The van der Waals surface area contributed by atoms with Crippen LogP contribution in [0.25, 0.3) is 0 Å². The van der Waals surface area contributed by atoms with Crippen molar-refractivity contribution in [3.8, 4) is 0 Å².